The number of carboxylic acid groups (broad SMARTS) is 1. The quantitative estimate of drug-likeness (QED) is 0.114. The molecule has 0 spiro atoms. The predicted molar refractivity (Wildman–Crippen MR) is 191 cm³/mol. The molecule has 3 aromatic carbocycles. The van der Waals surface area contributed by atoms with E-state index in [9.17, 15) is 25.4 Å². The fraction of sp³-hybridized carbons (Fsp3) is 0.342. The molecule has 0 bridgehead atoms. The Morgan fingerprint density at radius 2 is 1.88 bits per heavy atom. The van der Waals surface area contributed by atoms with Crippen LogP contribution in [0.25, 0.3) is 22.3 Å². The molecule has 260 valence electrons. The number of rotatable bonds is 14. The van der Waals surface area contributed by atoms with Crippen molar-refractivity contribution in [1.82, 2.24) is 15.2 Å². The SMILES string of the molecule is C[C@@](CO)(NCc1cc(Cl)c(O[C@H]2CCc3c(-c4cccc(OCCCN5CC(O)C5)c4Cl)cccc32)cc1-c1cncc(C#N)c1)C(=O)O. The van der Waals surface area contributed by atoms with Gasteiger partial charge >= 0.3 is 5.97 Å². The summed E-state index contributed by atoms with van der Waals surface area (Å²) in [7, 11) is 0. The van der Waals surface area contributed by atoms with Gasteiger partial charge in [-0.1, -0.05) is 53.5 Å². The highest BCUT2D eigenvalue weighted by atomic mass is 35.5. The van der Waals surface area contributed by atoms with Gasteiger partial charge < -0.3 is 24.8 Å². The molecule has 1 fully saturated rings. The molecule has 2 aliphatic rings. The third-order valence-electron chi connectivity index (χ3n) is 9.35. The first-order valence-electron chi connectivity index (χ1n) is 16.5. The number of carboxylic acids is 1. The maximum atomic E-state index is 11.8. The Kier molecular flexibility index (Phi) is 10.9. The number of fused-ring (bicyclic) bond motifs is 1. The molecular formula is C38H38Cl2N4O6. The molecule has 1 aliphatic carbocycles. The van der Waals surface area contributed by atoms with Gasteiger partial charge in [0.25, 0.3) is 0 Å². The van der Waals surface area contributed by atoms with Crippen molar-refractivity contribution in [2.24, 2.45) is 0 Å². The van der Waals surface area contributed by atoms with Crippen LogP contribution in [0.15, 0.2) is 67.0 Å². The summed E-state index contributed by atoms with van der Waals surface area (Å²) in [6.45, 7) is 3.66. The second-order valence-corrected chi connectivity index (χ2v) is 13.7. The van der Waals surface area contributed by atoms with Gasteiger partial charge in [0.2, 0.25) is 0 Å². The van der Waals surface area contributed by atoms with Crippen LogP contribution < -0.4 is 14.8 Å². The lowest BCUT2D eigenvalue weighted by Gasteiger charge is -2.35. The molecule has 50 heavy (non-hydrogen) atoms. The second-order valence-electron chi connectivity index (χ2n) is 12.9. The Morgan fingerprint density at radius 1 is 1.10 bits per heavy atom. The Morgan fingerprint density at radius 3 is 2.62 bits per heavy atom. The monoisotopic (exact) mass is 716 g/mol. The first-order chi connectivity index (χ1) is 24.1. The maximum absolute atomic E-state index is 11.8. The number of benzene rings is 3. The summed E-state index contributed by atoms with van der Waals surface area (Å²) in [6.07, 6.45) is 4.86. The predicted octanol–water partition coefficient (Wildman–Crippen LogP) is 6.03. The maximum Gasteiger partial charge on any atom is 0.326 e. The van der Waals surface area contributed by atoms with Crippen molar-refractivity contribution < 1.29 is 29.6 Å². The molecule has 6 rings (SSSR count). The molecule has 1 aliphatic heterocycles. The third-order valence-corrected chi connectivity index (χ3v) is 10.0. The molecule has 10 nitrogen and oxygen atoms in total. The van der Waals surface area contributed by atoms with E-state index >= 15 is 0 Å². The Labute approximate surface area is 300 Å². The van der Waals surface area contributed by atoms with E-state index in [4.69, 9.17) is 32.7 Å². The molecule has 0 saturated carbocycles. The number of carbonyl (C=O) groups is 1. The van der Waals surface area contributed by atoms with Crippen LogP contribution in [0.5, 0.6) is 11.5 Å². The Hall–Kier alpha value is -4.21. The van der Waals surface area contributed by atoms with E-state index in [-0.39, 0.29) is 18.8 Å². The summed E-state index contributed by atoms with van der Waals surface area (Å²) in [5.74, 6) is -0.136. The van der Waals surface area contributed by atoms with E-state index in [0.29, 0.717) is 69.9 Å². The largest absolute Gasteiger partial charge is 0.492 e. The average Bonchev–Trinajstić information content (AvgIpc) is 3.52. The number of hydrogen-bond donors (Lipinski definition) is 4. The van der Waals surface area contributed by atoms with E-state index in [1.165, 1.54) is 13.1 Å². The second kappa shape index (κ2) is 15.4. The normalized spacial score (nSPS) is 17.0. The number of aliphatic hydroxyl groups excluding tert-OH is 2. The summed E-state index contributed by atoms with van der Waals surface area (Å²) in [5, 5.41) is 42.3. The number of halogens is 2. The molecule has 4 aromatic rings. The Bertz CT molecular complexity index is 1930. The van der Waals surface area contributed by atoms with Crippen LogP contribution in [0.2, 0.25) is 10.0 Å². The number of hydrogen-bond acceptors (Lipinski definition) is 9. The molecule has 2 atom stereocenters. The first-order valence-corrected chi connectivity index (χ1v) is 17.2. The first kappa shape index (κ1) is 35.6. The number of β-amino-alcohol motifs (C(OH)–C–C–N with tert-alkyl or cyclic N) is 1. The van der Waals surface area contributed by atoms with Gasteiger partial charge in [0.05, 0.1) is 34.9 Å². The average molecular weight is 718 g/mol. The molecule has 0 unspecified atom stereocenters. The minimum absolute atomic E-state index is 0.0667. The van der Waals surface area contributed by atoms with Crippen molar-refractivity contribution in [2.45, 2.75) is 50.5 Å². The fourth-order valence-electron chi connectivity index (χ4n) is 6.41. The number of pyridine rings is 1. The topological polar surface area (TPSA) is 148 Å². The smallest absolute Gasteiger partial charge is 0.326 e. The van der Waals surface area contributed by atoms with Gasteiger partial charge in [-0.25, -0.2) is 0 Å². The van der Waals surface area contributed by atoms with Gasteiger partial charge in [0.15, 0.2) is 0 Å². The van der Waals surface area contributed by atoms with Crippen LogP contribution in [0, 0.1) is 11.3 Å². The van der Waals surface area contributed by atoms with E-state index in [1.807, 2.05) is 30.3 Å². The summed E-state index contributed by atoms with van der Waals surface area (Å²) < 4.78 is 12.7. The minimum atomic E-state index is -1.58. The van der Waals surface area contributed by atoms with Gasteiger partial charge in [-0.2, -0.15) is 5.26 Å². The number of nitrogens with one attached hydrogen (secondary N) is 1. The van der Waals surface area contributed by atoms with Crippen LogP contribution in [0.4, 0.5) is 0 Å². The number of aromatic nitrogens is 1. The van der Waals surface area contributed by atoms with Gasteiger partial charge in [-0.3, -0.25) is 20.0 Å². The molecule has 4 N–H and O–H groups in total. The van der Waals surface area contributed by atoms with Gasteiger partial charge in [0, 0.05) is 49.7 Å². The Balaban J connectivity index is 1.25. The zero-order valence-electron chi connectivity index (χ0n) is 27.5. The van der Waals surface area contributed by atoms with Gasteiger partial charge in [0.1, 0.15) is 29.2 Å². The lowest BCUT2D eigenvalue weighted by molar-refractivity contribution is -0.145. The van der Waals surface area contributed by atoms with Crippen molar-refractivity contribution in [3.8, 4) is 39.8 Å². The van der Waals surface area contributed by atoms with Gasteiger partial charge in [-0.15, -0.1) is 0 Å². The fourth-order valence-corrected chi connectivity index (χ4v) is 6.92. The summed E-state index contributed by atoms with van der Waals surface area (Å²) in [4.78, 5) is 18.2. The highest BCUT2D eigenvalue weighted by molar-refractivity contribution is 6.35. The molecule has 2 heterocycles. The lowest BCUT2D eigenvalue weighted by Crippen LogP contribution is -2.52. The summed E-state index contributed by atoms with van der Waals surface area (Å²) >= 11 is 13.7. The van der Waals surface area contributed by atoms with E-state index in [0.717, 1.165) is 41.6 Å². The molecule has 0 amide bonds. The number of aliphatic hydroxyl groups is 2. The molecule has 1 aromatic heterocycles. The zero-order chi connectivity index (χ0) is 35.4. The number of likely N-dealkylation sites (tertiary alicyclic amines) is 1. The van der Waals surface area contributed by atoms with E-state index in [2.05, 4.69) is 27.3 Å². The van der Waals surface area contributed by atoms with E-state index in [1.54, 1.807) is 24.4 Å². The number of nitrogens with zero attached hydrogens (tertiary/aromatic N) is 3. The van der Waals surface area contributed by atoms with Gasteiger partial charge in [-0.05, 0) is 78.3 Å². The van der Waals surface area contributed by atoms with Crippen molar-refractivity contribution >= 4 is 29.2 Å². The standard InChI is InChI=1S/C38H38Cl2N4O6/c1-38(22-45,37(47)48)43-19-25-14-32(39)35(15-31(25)24-13-23(16-41)17-42-18-24)50-33-10-9-28-27(5-2-6-29(28)33)30-7-3-8-34(36(30)40)49-12-4-11-44-20-26(46)21-44/h2-3,5-8,13-15,17-18,26,33,43,45-46H,4,9-12,19-22H2,1H3,(H,47,48)/t33-,38-/m0/s1. The number of nitriles is 1. The molecule has 1 saturated heterocycles. The third kappa shape index (κ3) is 7.59. The molecule has 12 heteroatoms. The number of ether oxygens (including phenoxy) is 2. The van der Waals surface area contributed by atoms with Crippen molar-refractivity contribution in [1.29, 1.82) is 5.26 Å². The van der Waals surface area contributed by atoms with Crippen molar-refractivity contribution in [2.75, 3.05) is 32.8 Å². The molecular weight excluding hydrogens is 679 g/mol. The van der Waals surface area contributed by atoms with Crippen molar-refractivity contribution in [3.63, 3.8) is 0 Å². The minimum Gasteiger partial charge on any atom is -0.492 e. The zero-order valence-corrected chi connectivity index (χ0v) is 29.0. The van der Waals surface area contributed by atoms with Crippen LogP contribution in [0.1, 0.15) is 48.1 Å². The summed E-state index contributed by atoms with van der Waals surface area (Å²) in [6, 6.07) is 19.2. The number of aliphatic carboxylic acids is 1. The molecule has 0 radical (unpaired) electrons. The van der Waals surface area contributed by atoms with E-state index < -0.39 is 18.1 Å². The van der Waals surface area contributed by atoms with Crippen LogP contribution >= 0.6 is 23.2 Å². The van der Waals surface area contributed by atoms with Crippen LogP contribution in [-0.2, 0) is 17.8 Å². The van der Waals surface area contributed by atoms with Crippen molar-refractivity contribution in [3.05, 3.63) is 99.3 Å². The van der Waals surface area contributed by atoms with Crippen LogP contribution in [-0.4, -0.2) is 75.7 Å². The summed E-state index contributed by atoms with van der Waals surface area (Å²) in [5.41, 5.74) is 4.77. The highest BCUT2D eigenvalue weighted by Gasteiger charge is 2.33. The lowest BCUT2D eigenvalue weighted by atomic mass is 9.96. The van der Waals surface area contributed by atoms with Crippen LogP contribution in [0.3, 0.4) is 0 Å². The highest BCUT2D eigenvalue weighted by Crippen LogP contribution is 2.45.